The minimum Gasteiger partial charge on any atom is -0.506 e. The van der Waals surface area contributed by atoms with Crippen molar-refractivity contribution in [1.82, 2.24) is 0 Å². The first kappa shape index (κ1) is 27.4. The quantitative estimate of drug-likeness (QED) is 0.316. The molecule has 6 N–H and O–H groups in total. The van der Waals surface area contributed by atoms with Gasteiger partial charge in [0.05, 0.1) is 14.3 Å². The first-order chi connectivity index (χ1) is 11.2. The molecule has 137 valence electrons. The summed E-state index contributed by atoms with van der Waals surface area (Å²) in [5, 5.41) is 18.8. The van der Waals surface area contributed by atoms with Gasteiger partial charge in [0.2, 0.25) is 0 Å². The third kappa shape index (κ3) is 7.31. The van der Waals surface area contributed by atoms with Crippen molar-refractivity contribution in [2.24, 2.45) is 5.73 Å². The second-order valence-corrected chi connectivity index (χ2v) is 9.52. The van der Waals surface area contributed by atoms with Gasteiger partial charge in [-0.2, -0.15) is 0 Å². The zero-order valence-corrected chi connectivity index (χ0v) is 24.0. The van der Waals surface area contributed by atoms with Crippen molar-refractivity contribution in [3.63, 3.8) is 0 Å². The number of benzene rings is 2. The van der Waals surface area contributed by atoms with Crippen LogP contribution in [0, 0.1) is 14.3 Å². The predicted molar refractivity (Wildman–Crippen MR) is 134 cm³/mol. The second-order valence-electron chi connectivity index (χ2n) is 4.88. The minimum absolute atomic E-state index is 0. The number of aromatic hydroxyl groups is 1. The van der Waals surface area contributed by atoms with Crippen molar-refractivity contribution in [1.29, 1.82) is 0 Å². The predicted octanol–water partition coefficient (Wildman–Crippen LogP) is 3.35. The van der Waals surface area contributed by atoms with Crippen molar-refractivity contribution >= 4 is 126 Å². The molecule has 0 aliphatic heterocycles. The van der Waals surface area contributed by atoms with Crippen LogP contribution in [0.15, 0.2) is 24.3 Å². The van der Waals surface area contributed by atoms with E-state index in [0.29, 0.717) is 18.6 Å². The van der Waals surface area contributed by atoms with Crippen LogP contribution < -0.4 is 10.5 Å². The summed E-state index contributed by atoms with van der Waals surface area (Å²) in [6, 6.07) is 6.34. The number of aliphatic carboxylic acids is 1. The summed E-state index contributed by atoms with van der Waals surface area (Å²) in [5.74, 6) is 0.549. The Morgan fingerprint density at radius 2 is 1.50 bits per heavy atom. The summed E-state index contributed by atoms with van der Waals surface area (Å²) in [7, 11) is 0. The smallest absolute Gasteiger partial charge is 0.320 e. The van der Waals surface area contributed by atoms with Crippen LogP contribution in [-0.4, -0.2) is 57.3 Å². The minimum atomic E-state index is -1.02. The summed E-state index contributed by atoms with van der Waals surface area (Å²) in [6.45, 7) is 0. The Bertz CT molecular complexity index is 760. The van der Waals surface area contributed by atoms with Gasteiger partial charge in [0.25, 0.3) is 0 Å². The van der Waals surface area contributed by atoms with Crippen LogP contribution in [-0.2, 0) is 11.2 Å². The Labute approximate surface area is 227 Å². The number of rotatable bonds is 5. The van der Waals surface area contributed by atoms with Crippen LogP contribution in [0.1, 0.15) is 5.56 Å². The average molecular weight is 818 g/mol. The molecule has 0 aliphatic carbocycles. The summed E-state index contributed by atoms with van der Waals surface area (Å²) in [5.41, 5.74) is 6.44. The molecule has 0 spiro atoms. The Morgan fingerprint density at radius 3 is 1.92 bits per heavy atom. The molecule has 1 radical (unpaired) electrons. The van der Waals surface area contributed by atoms with E-state index in [2.05, 4.69) is 90.4 Å². The Morgan fingerprint density at radius 1 is 1.04 bits per heavy atom. The van der Waals surface area contributed by atoms with E-state index in [1.807, 2.05) is 12.1 Å². The maximum absolute atomic E-state index is 10.9. The monoisotopic (exact) mass is 818 g/mol. The average Bonchev–Trinajstić information content (AvgIpc) is 2.48. The fourth-order valence-corrected chi connectivity index (χ4v) is 5.72. The number of halogens is 4. The number of ether oxygens (including phenoxy) is 1. The maximum atomic E-state index is 10.9. The zero-order chi connectivity index (χ0) is 18.0. The van der Waals surface area contributed by atoms with Crippen LogP contribution in [0.3, 0.4) is 0 Å². The molecule has 0 aromatic heterocycles. The molecule has 2 aromatic carbocycles. The van der Waals surface area contributed by atoms with Crippen LogP contribution >= 0.6 is 90.4 Å². The molecule has 0 bridgehead atoms. The van der Waals surface area contributed by atoms with Gasteiger partial charge in [-0.15, -0.1) is 0 Å². The molecule has 0 fully saturated rings. The molecule has 1 atom stereocenters. The van der Waals surface area contributed by atoms with Crippen molar-refractivity contribution in [2.45, 2.75) is 12.5 Å². The van der Waals surface area contributed by atoms with Gasteiger partial charge in [-0.3, -0.25) is 4.79 Å². The summed E-state index contributed by atoms with van der Waals surface area (Å²) >= 11 is 8.42. The first-order valence-electron chi connectivity index (χ1n) is 6.51. The molecule has 0 heterocycles. The summed E-state index contributed by atoms with van der Waals surface area (Å²) in [6.07, 6.45) is 0.261. The fraction of sp³-hybridized carbons (Fsp3) is 0.133. The van der Waals surface area contributed by atoms with Gasteiger partial charge >= 0.3 is 5.97 Å². The number of carbonyl (C=O) groups is 1. The van der Waals surface area contributed by atoms with E-state index >= 15 is 0 Å². The molecule has 0 amide bonds. The van der Waals surface area contributed by atoms with E-state index in [0.717, 1.165) is 12.7 Å². The van der Waals surface area contributed by atoms with Crippen LogP contribution in [0.5, 0.6) is 17.2 Å². The first-order valence-corrected chi connectivity index (χ1v) is 10.8. The van der Waals surface area contributed by atoms with Gasteiger partial charge < -0.3 is 26.2 Å². The number of nitrogens with two attached hydrogens (primary N) is 1. The number of phenolic OH excluding ortho intramolecular Hbond substituents is 1. The molecule has 0 unspecified atom stereocenters. The van der Waals surface area contributed by atoms with Crippen molar-refractivity contribution < 1.29 is 25.2 Å². The number of carboxylic acids is 1. The van der Waals surface area contributed by atoms with Crippen molar-refractivity contribution in [2.75, 3.05) is 0 Å². The molecule has 0 saturated carbocycles. The number of carboxylic acid groups (broad SMARTS) is 1. The molecule has 6 nitrogen and oxygen atoms in total. The number of hydrogen-bond donors (Lipinski definition) is 3. The van der Waals surface area contributed by atoms with Gasteiger partial charge in [-0.25, -0.2) is 0 Å². The summed E-state index contributed by atoms with van der Waals surface area (Å²) in [4.78, 5) is 10.9. The molecule has 0 aliphatic rings. The Kier molecular flexibility index (Phi) is 12.8. The molecular formula is C15H13I4NNaO5. The molecule has 11 heteroatoms. The third-order valence-electron chi connectivity index (χ3n) is 3.04. The van der Waals surface area contributed by atoms with E-state index in [1.54, 1.807) is 12.1 Å². The van der Waals surface area contributed by atoms with Crippen molar-refractivity contribution in [3.8, 4) is 17.2 Å². The molecule has 26 heavy (non-hydrogen) atoms. The molecule has 0 saturated heterocycles. The SMILES string of the molecule is N[C@@H](Cc1cc(I)c(Oc2cc(I)c(O)c(I)c2)c(I)c1)C(=O)O.O.[Na]. The van der Waals surface area contributed by atoms with Gasteiger partial charge in [0, 0.05) is 29.6 Å². The Hall–Kier alpha value is 1.35. The van der Waals surface area contributed by atoms with E-state index in [4.69, 9.17) is 15.6 Å². The van der Waals surface area contributed by atoms with Gasteiger partial charge in [-0.05, 0) is 127 Å². The van der Waals surface area contributed by atoms with Crippen LogP contribution in [0.4, 0.5) is 0 Å². The van der Waals surface area contributed by atoms with Gasteiger partial charge in [0.15, 0.2) is 5.75 Å². The van der Waals surface area contributed by atoms with Crippen LogP contribution in [0.2, 0.25) is 0 Å². The largest absolute Gasteiger partial charge is 0.506 e. The van der Waals surface area contributed by atoms with Crippen molar-refractivity contribution in [3.05, 3.63) is 44.1 Å². The second kappa shape index (κ2) is 12.1. The topological polar surface area (TPSA) is 124 Å². The van der Waals surface area contributed by atoms with Gasteiger partial charge in [0.1, 0.15) is 17.5 Å². The zero-order valence-electron chi connectivity index (χ0n) is 13.4. The molecule has 2 aromatic rings. The van der Waals surface area contributed by atoms with E-state index in [1.165, 1.54) is 0 Å². The standard InChI is InChI=1S/C15H11I4NO4.Na.H2O/c16-8-4-7(5-9(17)13(8)21)24-14-10(18)1-6(2-11(14)19)3-12(20)15(22)23;;/h1-2,4-5,12,21H,3,20H2,(H,22,23);;1H2/t12-;;/m0../s1. The number of phenols is 1. The number of hydrogen-bond acceptors (Lipinski definition) is 4. The molecular weight excluding hydrogens is 805 g/mol. The normalized spacial score (nSPS) is 11.1. The van der Waals surface area contributed by atoms with Crippen LogP contribution in [0.25, 0.3) is 0 Å². The van der Waals surface area contributed by atoms with E-state index < -0.39 is 12.0 Å². The van der Waals surface area contributed by atoms with Gasteiger partial charge in [-0.1, -0.05) is 0 Å². The van der Waals surface area contributed by atoms with E-state index in [9.17, 15) is 9.90 Å². The van der Waals surface area contributed by atoms with E-state index in [-0.39, 0.29) is 47.2 Å². The maximum Gasteiger partial charge on any atom is 0.320 e. The third-order valence-corrected chi connectivity index (χ3v) is 6.29. The fourth-order valence-electron chi connectivity index (χ4n) is 1.89. The Balaban J connectivity index is 0.00000312. The molecule has 2 rings (SSSR count). The summed E-state index contributed by atoms with van der Waals surface area (Å²) < 4.78 is 9.14.